The number of nitrogens with one attached hydrogen (secondary N) is 1. The summed E-state index contributed by atoms with van der Waals surface area (Å²) in [5.74, 6) is 1.26. The molecule has 0 amide bonds. The van der Waals surface area contributed by atoms with E-state index in [1.807, 2.05) is 24.4 Å². The van der Waals surface area contributed by atoms with Crippen molar-refractivity contribution >= 4 is 21.9 Å². The summed E-state index contributed by atoms with van der Waals surface area (Å²) in [5, 5.41) is 0. The summed E-state index contributed by atoms with van der Waals surface area (Å²) in [6.07, 6.45) is 6.83. The van der Waals surface area contributed by atoms with Gasteiger partial charge < -0.3 is 9.72 Å². The number of halogens is 1. The van der Waals surface area contributed by atoms with Crippen molar-refractivity contribution in [1.29, 1.82) is 0 Å². The summed E-state index contributed by atoms with van der Waals surface area (Å²) in [7, 11) is 1.38. The molecule has 4 nitrogen and oxygen atoms in total. The maximum Gasteiger partial charge on any atom is 0.339 e. The maximum absolute atomic E-state index is 11.8. The number of carbonyl (C=O) groups excluding carboxylic acids is 1. The van der Waals surface area contributed by atoms with Gasteiger partial charge in [0.2, 0.25) is 0 Å². The SMILES string of the molecule is COC(=O)c1cc(-c2cnc(C3CCCC3)[nH]2)ccc1Br. The summed E-state index contributed by atoms with van der Waals surface area (Å²) >= 11 is 3.38. The lowest BCUT2D eigenvalue weighted by Gasteiger charge is -2.06. The van der Waals surface area contributed by atoms with Crippen LogP contribution in [-0.4, -0.2) is 23.0 Å². The number of imidazole rings is 1. The molecular formula is C16H17BrN2O2. The van der Waals surface area contributed by atoms with Crippen LogP contribution in [0.15, 0.2) is 28.9 Å². The topological polar surface area (TPSA) is 55.0 Å². The van der Waals surface area contributed by atoms with Crippen LogP contribution in [0.1, 0.15) is 47.8 Å². The van der Waals surface area contributed by atoms with Gasteiger partial charge in [-0.15, -0.1) is 0 Å². The maximum atomic E-state index is 11.8. The zero-order chi connectivity index (χ0) is 14.8. The smallest absolute Gasteiger partial charge is 0.339 e. The molecule has 1 aliphatic carbocycles. The fourth-order valence-electron chi connectivity index (χ4n) is 2.85. The molecule has 0 bridgehead atoms. The highest BCUT2D eigenvalue weighted by atomic mass is 79.9. The first kappa shape index (κ1) is 14.3. The van der Waals surface area contributed by atoms with Gasteiger partial charge in [0.05, 0.1) is 24.6 Å². The molecule has 1 aliphatic rings. The first-order valence-electron chi connectivity index (χ1n) is 7.12. The molecule has 0 spiro atoms. The fourth-order valence-corrected chi connectivity index (χ4v) is 3.26. The van der Waals surface area contributed by atoms with Crippen molar-refractivity contribution in [2.45, 2.75) is 31.6 Å². The number of aromatic amines is 1. The summed E-state index contributed by atoms with van der Waals surface area (Å²) in [6.45, 7) is 0. The van der Waals surface area contributed by atoms with Gasteiger partial charge in [0.1, 0.15) is 5.82 Å². The molecule has 110 valence electrons. The standard InChI is InChI=1S/C16H17BrN2O2/c1-21-16(20)12-8-11(6-7-13(12)17)14-9-18-15(19-14)10-4-2-3-5-10/h6-10H,2-5H2,1H3,(H,18,19). The number of carbonyl (C=O) groups is 1. The molecule has 5 heteroatoms. The van der Waals surface area contributed by atoms with E-state index in [0.29, 0.717) is 11.5 Å². The van der Waals surface area contributed by atoms with Gasteiger partial charge in [0, 0.05) is 16.0 Å². The molecule has 0 aliphatic heterocycles. The van der Waals surface area contributed by atoms with Gasteiger partial charge in [-0.05, 0) is 40.9 Å². The highest BCUT2D eigenvalue weighted by Gasteiger charge is 2.20. The second-order valence-corrected chi connectivity index (χ2v) is 6.20. The minimum absolute atomic E-state index is 0.348. The third kappa shape index (κ3) is 2.88. The van der Waals surface area contributed by atoms with Crippen molar-refractivity contribution in [2.75, 3.05) is 7.11 Å². The van der Waals surface area contributed by atoms with E-state index in [9.17, 15) is 4.79 Å². The molecule has 1 saturated carbocycles. The zero-order valence-electron chi connectivity index (χ0n) is 11.9. The molecule has 2 aromatic rings. The van der Waals surface area contributed by atoms with Crippen LogP contribution in [-0.2, 0) is 4.74 Å². The average Bonchev–Trinajstić information content (AvgIpc) is 3.17. The molecule has 0 saturated heterocycles. The lowest BCUT2D eigenvalue weighted by Crippen LogP contribution is -2.02. The van der Waals surface area contributed by atoms with E-state index in [1.165, 1.54) is 32.8 Å². The predicted octanol–water partition coefficient (Wildman–Crippen LogP) is 4.28. The Balaban J connectivity index is 1.91. The van der Waals surface area contributed by atoms with Crippen LogP contribution < -0.4 is 0 Å². The van der Waals surface area contributed by atoms with Gasteiger partial charge in [-0.25, -0.2) is 9.78 Å². The van der Waals surface area contributed by atoms with Crippen molar-refractivity contribution < 1.29 is 9.53 Å². The van der Waals surface area contributed by atoms with E-state index < -0.39 is 0 Å². The molecule has 1 aromatic heterocycles. The molecule has 0 atom stereocenters. The highest BCUT2D eigenvalue weighted by molar-refractivity contribution is 9.10. The summed E-state index contributed by atoms with van der Waals surface area (Å²) < 4.78 is 5.53. The van der Waals surface area contributed by atoms with E-state index in [-0.39, 0.29) is 5.97 Å². The number of ether oxygens (including phenoxy) is 1. The van der Waals surface area contributed by atoms with E-state index in [2.05, 4.69) is 25.9 Å². The Morgan fingerprint density at radius 3 is 2.86 bits per heavy atom. The van der Waals surface area contributed by atoms with Gasteiger partial charge in [0.25, 0.3) is 0 Å². The quantitative estimate of drug-likeness (QED) is 0.842. The Kier molecular flexibility index (Phi) is 4.10. The lowest BCUT2D eigenvalue weighted by molar-refractivity contribution is 0.0599. The van der Waals surface area contributed by atoms with Crippen molar-refractivity contribution in [3.8, 4) is 11.3 Å². The third-order valence-corrected chi connectivity index (χ3v) is 4.71. The van der Waals surface area contributed by atoms with E-state index in [4.69, 9.17) is 4.74 Å². The first-order valence-corrected chi connectivity index (χ1v) is 7.91. The van der Waals surface area contributed by atoms with Crippen LogP contribution in [0.25, 0.3) is 11.3 Å². The summed E-state index contributed by atoms with van der Waals surface area (Å²) in [5.41, 5.74) is 2.40. The minimum Gasteiger partial charge on any atom is -0.465 e. The predicted molar refractivity (Wildman–Crippen MR) is 84.3 cm³/mol. The molecule has 1 aromatic carbocycles. The summed E-state index contributed by atoms with van der Waals surface area (Å²) in [4.78, 5) is 19.7. The fraction of sp³-hybridized carbons (Fsp3) is 0.375. The van der Waals surface area contributed by atoms with E-state index in [1.54, 1.807) is 0 Å². The van der Waals surface area contributed by atoms with Gasteiger partial charge in [-0.2, -0.15) is 0 Å². The molecular weight excluding hydrogens is 332 g/mol. The number of rotatable bonds is 3. The molecule has 0 radical (unpaired) electrons. The number of methoxy groups -OCH3 is 1. The van der Waals surface area contributed by atoms with Crippen LogP contribution in [0, 0.1) is 0 Å². The Labute approximate surface area is 132 Å². The van der Waals surface area contributed by atoms with E-state index >= 15 is 0 Å². The second-order valence-electron chi connectivity index (χ2n) is 5.35. The van der Waals surface area contributed by atoms with Crippen molar-refractivity contribution in [2.24, 2.45) is 0 Å². The van der Waals surface area contributed by atoms with Crippen molar-refractivity contribution in [3.63, 3.8) is 0 Å². The highest BCUT2D eigenvalue weighted by Crippen LogP contribution is 2.33. The van der Waals surface area contributed by atoms with Crippen LogP contribution in [0.4, 0.5) is 0 Å². The van der Waals surface area contributed by atoms with Crippen LogP contribution in [0.3, 0.4) is 0 Å². The molecule has 1 fully saturated rings. The lowest BCUT2D eigenvalue weighted by atomic mass is 10.1. The van der Waals surface area contributed by atoms with Crippen molar-refractivity contribution in [3.05, 3.63) is 40.3 Å². The Hall–Kier alpha value is -1.62. The largest absolute Gasteiger partial charge is 0.465 e. The minimum atomic E-state index is -0.348. The number of H-pyrrole nitrogens is 1. The molecule has 3 rings (SSSR count). The van der Waals surface area contributed by atoms with Gasteiger partial charge in [-0.3, -0.25) is 0 Å². The van der Waals surface area contributed by atoms with Crippen LogP contribution in [0.5, 0.6) is 0 Å². The normalized spacial score (nSPS) is 15.3. The number of nitrogens with zero attached hydrogens (tertiary/aromatic N) is 1. The monoisotopic (exact) mass is 348 g/mol. The number of esters is 1. The Morgan fingerprint density at radius 2 is 2.14 bits per heavy atom. The van der Waals surface area contributed by atoms with Gasteiger partial charge in [0.15, 0.2) is 0 Å². The second kappa shape index (κ2) is 6.02. The van der Waals surface area contributed by atoms with E-state index in [0.717, 1.165) is 21.6 Å². The molecule has 1 heterocycles. The van der Waals surface area contributed by atoms with Crippen LogP contribution >= 0.6 is 15.9 Å². The van der Waals surface area contributed by atoms with Gasteiger partial charge >= 0.3 is 5.97 Å². The molecule has 21 heavy (non-hydrogen) atoms. The first-order chi connectivity index (χ1) is 10.2. The Morgan fingerprint density at radius 1 is 1.38 bits per heavy atom. The van der Waals surface area contributed by atoms with Crippen LogP contribution in [0.2, 0.25) is 0 Å². The number of hydrogen-bond donors (Lipinski definition) is 1. The average molecular weight is 349 g/mol. The zero-order valence-corrected chi connectivity index (χ0v) is 13.4. The summed E-state index contributed by atoms with van der Waals surface area (Å²) in [6, 6.07) is 5.64. The number of benzene rings is 1. The molecule has 0 unspecified atom stereocenters. The van der Waals surface area contributed by atoms with Crippen molar-refractivity contribution in [1.82, 2.24) is 9.97 Å². The molecule has 1 N–H and O–H groups in total. The third-order valence-electron chi connectivity index (χ3n) is 4.02. The number of hydrogen-bond acceptors (Lipinski definition) is 3. The number of aromatic nitrogens is 2. The van der Waals surface area contributed by atoms with Gasteiger partial charge in [-0.1, -0.05) is 18.9 Å². The Bertz CT molecular complexity index is 660.